The summed E-state index contributed by atoms with van der Waals surface area (Å²) in [6.07, 6.45) is -2.14. The number of hydrogen-bond acceptors (Lipinski definition) is 2. The first-order valence-corrected chi connectivity index (χ1v) is 11.8. The number of hydrogen-bond donors (Lipinski definition) is 1. The summed E-state index contributed by atoms with van der Waals surface area (Å²) in [4.78, 5) is 14.5. The molecule has 1 saturated heterocycles. The van der Waals surface area contributed by atoms with Crippen LogP contribution in [0.15, 0.2) is 53.6 Å². The Bertz CT molecular complexity index is 1030. The fourth-order valence-electron chi connectivity index (χ4n) is 5.24. The van der Waals surface area contributed by atoms with Crippen molar-refractivity contribution in [3.05, 3.63) is 64.8 Å². The minimum atomic E-state index is -4.87. The molecule has 1 N–H and O–H groups in total. The molecule has 1 aromatic carbocycles. The van der Waals surface area contributed by atoms with Crippen molar-refractivity contribution in [3.8, 4) is 0 Å². The predicted octanol–water partition coefficient (Wildman–Crippen LogP) is 5.94. The highest BCUT2D eigenvalue weighted by atomic mass is 19.4. The first kappa shape index (κ1) is 25.5. The number of amides is 1. The second kappa shape index (κ2) is 9.84. The van der Waals surface area contributed by atoms with Crippen LogP contribution >= 0.6 is 0 Å². The van der Waals surface area contributed by atoms with Crippen molar-refractivity contribution in [1.82, 2.24) is 10.2 Å². The third-order valence-electron chi connectivity index (χ3n) is 7.19. The van der Waals surface area contributed by atoms with Crippen molar-refractivity contribution in [2.75, 3.05) is 26.2 Å². The van der Waals surface area contributed by atoms with E-state index in [2.05, 4.69) is 40.6 Å². The summed E-state index contributed by atoms with van der Waals surface area (Å²) in [5, 5.41) is 2.51. The van der Waals surface area contributed by atoms with Crippen LogP contribution in [0.25, 0.3) is 6.08 Å². The number of nitrogens with zero attached hydrogens (tertiary/aromatic N) is 1. The van der Waals surface area contributed by atoms with Crippen molar-refractivity contribution in [2.45, 2.75) is 49.9 Å². The van der Waals surface area contributed by atoms with Gasteiger partial charge in [0.15, 0.2) is 0 Å². The van der Waals surface area contributed by atoms with Gasteiger partial charge in [-0.2, -0.15) is 26.3 Å². The van der Waals surface area contributed by atoms with Crippen LogP contribution in [0.1, 0.15) is 43.2 Å². The third kappa shape index (κ3) is 6.00. The zero-order chi connectivity index (χ0) is 25.3. The number of halogens is 6. The van der Waals surface area contributed by atoms with E-state index in [1.165, 1.54) is 11.1 Å². The Labute approximate surface area is 200 Å². The van der Waals surface area contributed by atoms with Crippen LogP contribution in [0.5, 0.6) is 0 Å². The number of nitrogens with one attached hydrogen (secondary N) is 1. The highest BCUT2D eigenvalue weighted by Crippen LogP contribution is 2.43. The Morgan fingerprint density at radius 3 is 2.46 bits per heavy atom. The van der Waals surface area contributed by atoms with E-state index in [9.17, 15) is 31.1 Å². The summed E-state index contributed by atoms with van der Waals surface area (Å²) in [6.45, 7) is 2.26. The van der Waals surface area contributed by atoms with Gasteiger partial charge in [-0.25, -0.2) is 0 Å². The lowest BCUT2D eigenvalue weighted by atomic mass is 9.74. The number of carbonyl (C=O) groups excluding carboxylic acids is 1. The number of benzene rings is 1. The van der Waals surface area contributed by atoms with Crippen LogP contribution in [-0.4, -0.2) is 49.3 Å². The number of allylic oxidation sites excluding steroid dienone is 4. The molecule has 0 saturated carbocycles. The number of alkyl halides is 6. The van der Waals surface area contributed by atoms with E-state index < -0.39 is 35.8 Å². The van der Waals surface area contributed by atoms with E-state index in [4.69, 9.17) is 0 Å². The number of carbonyl (C=O) groups is 1. The minimum absolute atomic E-state index is 0.0803. The summed E-state index contributed by atoms with van der Waals surface area (Å²) in [6, 6.07) is 8.40. The predicted molar refractivity (Wildman–Crippen MR) is 121 cm³/mol. The smallest absolute Gasteiger partial charge is 0.356 e. The maximum Gasteiger partial charge on any atom is 0.416 e. The Hall–Kier alpha value is -2.55. The highest BCUT2D eigenvalue weighted by molar-refractivity contribution is 5.75. The van der Waals surface area contributed by atoms with Gasteiger partial charge >= 0.3 is 12.4 Å². The molecular weight excluding hydrogens is 470 g/mol. The molecule has 3 nitrogen and oxygen atoms in total. The van der Waals surface area contributed by atoms with Crippen LogP contribution < -0.4 is 5.32 Å². The normalized spacial score (nSPS) is 22.1. The molecule has 1 amide bonds. The molecule has 0 aromatic heterocycles. The van der Waals surface area contributed by atoms with Crippen LogP contribution in [0.3, 0.4) is 0 Å². The van der Waals surface area contributed by atoms with Gasteiger partial charge in [-0.1, -0.05) is 42.5 Å². The van der Waals surface area contributed by atoms with E-state index >= 15 is 0 Å². The van der Waals surface area contributed by atoms with Crippen molar-refractivity contribution >= 4 is 12.0 Å². The molecule has 1 heterocycles. The molecule has 190 valence electrons. The number of fused-ring (bicyclic) bond motifs is 2. The van der Waals surface area contributed by atoms with Crippen molar-refractivity contribution in [1.29, 1.82) is 0 Å². The molecular formula is C26H28F6N2O. The van der Waals surface area contributed by atoms with Gasteiger partial charge in [-0.3, -0.25) is 4.79 Å². The standard InChI is InChI=1S/C26H28F6N2O/c27-25(28,29)20-14-18(15-21(16-20)26(30,31)32)17-33-23(35)6-3-11-34-12-9-24(10-13-34)8-7-19-4-1-2-5-22(19)24/h1-2,4-5,7-8,14,16,18H,3,6,9-13,15,17H2,(H,33,35). The molecule has 35 heavy (non-hydrogen) atoms. The number of rotatable bonds is 6. The van der Waals surface area contributed by atoms with Crippen molar-refractivity contribution in [3.63, 3.8) is 0 Å². The van der Waals surface area contributed by atoms with E-state index in [1.807, 2.05) is 6.07 Å². The number of piperidine rings is 1. The minimum Gasteiger partial charge on any atom is -0.356 e. The Kier molecular flexibility index (Phi) is 7.18. The first-order chi connectivity index (χ1) is 16.5. The van der Waals surface area contributed by atoms with Crippen molar-refractivity contribution < 1.29 is 31.1 Å². The zero-order valence-electron chi connectivity index (χ0n) is 19.2. The Morgan fingerprint density at radius 2 is 1.77 bits per heavy atom. The van der Waals surface area contributed by atoms with E-state index in [-0.39, 0.29) is 30.4 Å². The van der Waals surface area contributed by atoms with Crippen LogP contribution in [0.2, 0.25) is 0 Å². The molecule has 1 aliphatic heterocycles. The zero-order valence-corrected chi connectivity index (χ0v) is 19.2. The van der Waals surface area contributed by atoms with Gasteiger partial charge in [0.1, 0.15) is 0 Å². The van der Waals surface area contributed by atoms with Gasteiger partial charge in [0, 0.05) is 24.0 Å². The van der Waals surface area contributed by atoms with E-state index in [0.717, 1.165) is 38.6 Å². The molecule has 4 rings (SSSR count). The maximum atomic E-state index is 13.0. The van der Waals surface area contributed by atoms with Crippen LogP contribution in [-0.2, 0) is 10.2 Å². The van der Waals surface area contributed by atoms with Gasteiger partial charge in [-0.05, 0) is 68.4 Å². The number of likely N-dealkylation sites (tertiary alicyclic amines) is 1. The molecule has 1 atom stereocenters. The van der Waals surface area contributed by atoms with Crippen LogP contribution in [0.4, 0.5) is 26.3 Å². The summed E-state index contributed by atoms with van der Waals surface area (Å²) in [7, 11) is 0. The fraction of sp³-hybridized carbons (Fsp3) is 0.500. The summed E-state index contributed by atoms with van der Waals surface area (Å²) >= 11 is 0. The highest BCUT2D eigenvalue weighted by Gasteiger charge is 2.42. The van der Waals surface area contributed by atoms with E-state index in [0.29, 0.717) is 6.42 Å². The molecule has 3 aliphatic rings. The Balaban J connectivity index is 1.20. The molecule has 1 unspecified atom stereocenters. The Morgan fingerprint density at radius 1 is 1.06 bits per heavy atom. The van der Waals surface area contributed by atoms with Gasteiger partial charge < -0.3 is 10.2 Å². The quantitative estimate of drug-likeness (QED) is 0.493. The molecule has 9 heteroatoms. The molecule has 1 fully saturated rings. The lowest BCUT2D eigenvalue weighted by molar-refractivity contribution is -0.121. The van der Waals surface area contributed by atoms with Gasteiger partial charge in [0.05, 0.1) is 5.57 Å². The third-order valence-corrected chi connectivity index (χ3v) is 7.19. The lowest BCUT2D eigenvalue weighted by Crippen LogP contribution is -2.41. The van der Waals surface area contributed by atoms with Gasteiger partial charge in [0.25, 0.3) is 0 Å². The van der Waals surface area contributed by atoms with Gasteiger partial charge in [-0.15, -0.1) is 0 Å². The fourth-order valence-corrected chi connectivity index (χ4v) is 5.24. The maximum absolute atomic E-state index is 13.0. The average molecular weight is 499 g/mol. The topological polar surface area (TPSA) is 32.3 Å². The molecule has 0 bridgehead atoms. The lowest BCUT2D eigenvalue weighted by Gasteiger charge is -2.39. The molecule has 1 aromatic rings. The van der Waals surface area contributed by atoms with E-state index in [1.54, 1.807) is 0 Å². The largest absolute Gasteiger partial charge is 0.416 e. The summed E-state index contributed by atoms with van der Waals surface area (Å²) < 4.78 is 78.1. The molecule has 2 aliphatic carbocycles. The second-order valence-electron chi connectivity index (χ2n) is 9.58. The van der Waals surface area contributed by atoms with Crippen molar-refractivity contribution in [2.24, 2.45) is 5.92 Å². The van der Waals surface area contributed by atoms with Crippen LogP contribution in [0, 0.1) is 5.92 Å². The summed E-state index contributed by atoms with van der Waals surface area (Å²) in [5.74, 6) is -1.42. The summed E-state index contributed by atoms with van der Waals surface area (Å²) in [5.41, 5.74) is 0.169. The molecule has 1 spiro atoms. The monoisotopic (exact) mass is 498 g/mol. The van der Waals surface area contributed by atoms with Gasteiger partial charge in [0.2, 0.25) is 5.91 Å². The second-order valence-corrected chi connectivity index (χ2v) is 9.58. The average Bonchev–Trinajstić information content (AvgIpc) is 3.16. The first-order valence-electron chi connectivity index (χ1n) is 11.8. The molecule has 0 radical (unpaired) electrons. The SMILES string of the molecule is O=C(CCCN1CCC2(C=Cc3ccccc32)CC1)NCC1C=C(C(F)(F)F)C=C(C(F)(F)F)C1.